The predicted molar refractivity (Wildman–Crippen MR) is 103 cm³/mol. The zero-order valence-corrected chi connectivity index (χ0v) is 16.2. The Morgan fingerprint density at radius 2 is 1.81 bits per heavy atom. The summed E-state index contributed by atoms with van der Waals surface area (Å²) in [6.45, 7) is 2.36. The lowest BCUT2D eigenvalue weighted by atomic mass is 9.98. The number of aliphatic hydroxyl groups excluding tert-OH is 1. The third kappa shape index (κ3) is 3.19. The highest BCUT2D eigenvalue weighted by molar-refractivity contribution is 7.10. The minimum Gasteiger partial charge on any atom is -0.506 e. The number of hydrogen-bond donors (Lipinski definition) is 1. The standard InChI is InChI=1S/C20H21NO5S/c1-4-10-21-17(14-9-6-11-27-14)16(19(23)20(21)24)18(22)15-12(25-2)7-5-8-13(15)26-3/h5-9,11,17,22H,4,10H2,1-3H3/b18-16+. The molecule has 1 saturated heterocycles. The lowest BCUT2D eigenvalue weighted by Crippen LogP contribution is -2.30. The predicted octanol–water partition coefficient (Wildman–Crippen LogP) is 3.60. The molecule has 1 unspecified atom stereocenters. The van der Waals surface area contributed by atoms with Gasteiger partial charge >= 0.3 is 0 Å². The molecule has 0 saturated carbocycles. The van der Waals surface area contributed by atoms with Crippen LogP contribution >= 0.6 is 11.3 Å². The summed E-state index contributed by atoms with van der Waals surface area (Å²) in [6.07, 6.45) is 0.701. The van der Waals surface area contributed by atoms with Gasteiger partial charge in [0, 0.05) is 11.4 Å². The number of ether oxygens (including phenoxy) is 2. The van der Waals surface area contributed by atoms with Gasteiger partial charge in [-0.3, -0.25) is 9.59 Å². The number of nitrogens with zero attached hydrogens (tertiary/aromatic N) is 1. The lowest BCUT2D eigenvalue weighted by molar-refractivity contribution is -0.139. The summed E-state index contributed by atoms with van der Waals surface area (Å²) in [4.78, 5) is 27.8. The Hall–Kier alpha value is -2.80. The molecular weight excluding hydrogens is 366 g/mol. The van der Waals surface area contributed by atoms with Crippen LogP contribution in [0, 0.1) is 0 Å². The van der Waals surface area contributed by atoms with Crippen molar-refractivity contribution in [3.63, 3.8) is 0 Å². The first-order valence-corrected chi connectivity index (χ1v) is 9.46. The van der Waals surface area contributed by atoms with Crippen LogP contribution in [-0.2, 0) is 9.59 Å². The van der Waals surface area contributed by atoms with Gasteiger partial charge < -0.3 is 19.5 Å². The Morgan fingerprint density at radius 3 is 2.33 bits per heavy atom. The minimum absolute atomic E-state index is 0.0544. The molecule has 1 aromatic heterocycles. The molecule has 1 N–H and O–H groups in total. The van der Waals surface area contributed by atoms with Gasteiger partial charge in [0.15, 0.2) is 0 Å². The van der Waals surface area contributed by atoms with E-state index in [9.17, 15) is 14.7 Å². The van der Waals surface area contributed by atoms with E-state index in [0.717, 1.165) is 4.88 Å². The minimum atomic E-state index is -0.702. The molecule has 0 aliphatic carbocycles. The molecule has 1 aromatic carbocycles. The van der Waals surface area contributed by atoms with E-state index in [2.05, 4.69) is 0 Å². The molecule has 3 rings (SSSR count). The molecule has 1 aliphatic heterocycles. The van der Waals surface area contributed by atoms with Crippen molar-refractivity contribution in [3.8, 4) is 11.5 Å². The quantitative estimate of drug-likeness (QED) is 0.466. The molecule has 7 heteroatoms. The zero-order valence-electron chi connectivity index (χ0n) is 15.4. The summed E-state index contributed by atoms with van der Waals surface area (Å²) in [5, 5.41) is 13.0. The summed E-state index contributed by atoms with van der Waals surface area (Å²) in [5.41, 5.74) is 0.317. The van der Waals surface area contributed by atoms with Crippen LogP contribution in [0.1, 0.15) is 29.8 Å². The Kier molecular flexibility index (Phi) is 5.51. The molecule has 0 radical (unpaired) electrons. The van der Waals surface area contributed by atoms with E-state index in [1.165, 1.54) is 30.5 Å². The highest BCUT2D eigenvalue weighted by Crippen LogP contribution is 2.44. The van der Waals surface area contributed by atoms with E-state index in [0.29, 0.717) is 24.5 Å². The molecule has 6 nitrogen and oxygen atoms in total. The second-order valence-electron chi connectivity index (χ2n) is 6.05. The molecule has 142 valence electrons. The van der Waals surface area contributed by atoms with Crippen LogP contribution in [0.25, 0.3) is 5.76 Å². The Balaban J connectivity index is 2.26. The normalized spacial score (nSPS) is 18.8. The molecule has 1 atom stereocenters. The van der Waals surface area contributed by atoms with Gasteiger partial charge in [0.05, 0.1) is 25.8 Å². The average Bonchev–Trinajstić information content (AvgIpc) is 3.29. The van der Waals surface area contributed by atoms with Crippen molar-refractivity contribution in [1.29, 1.82) is 0 Å². The average molecular weight is 387 g/mol. The second-order valence-corrected chi connectivity index (χ2v) is 7.02. The van der Waals surface area contributed by atoms with E-state index in [-0.39, 0.29) is 16.9 Å². The SMILES string of the molecule is CCCN1C(=O)C(=O)/C(=C(/O)c2c(OC)cccc2OC)C1c1cccs1. The Labute approximate surface area is 161 Å². The fraction of sp³-hybridized carbons (Fsp3) is 0.300. The highest BCUT2D eigenvalue weighted by atomic mass is 32.1. The van der Waals surface area contributed by atoms with Crippen LogP contribution in [0.3, 0.4) is 0 Å². The Morgan fingerprint density at radius 1 is 1.15 bits per heavy atom. The van der Waals surface area contributed by atoms with Crippen LogP contribution in [0.15, 0.2) is 41.3 Å². The number of Topliss-reactive ketones (excluding diaryl/α,β-unsaturated/α-hetero) is 1. The van der Waals surface area contributed by atoms with Crippen molar-refractivity contribution in [2.75, 3.05) is 20.8 Å². The van der Waals surface area contributed by atoms with Crippen LogP contribution in [-0.4, -0.2) is 42.5 Å². The smallest absolute Gasteiger partial charge is 0.295 e. The summed E-state index contributed by atoms with van der Waals surface area (Å²) in [7, 11) is 2.94. The molecule has 1 amide bonds. The highest BCUT2D eigenvalue weighted by Gasteiger charge is 2.46. The van der Waals surface area contributed by atoms with Gasteiger partial charge in [0.1, 0.15) is 22.8 Å². The molecular formula is C20H21NO5S. The van der Waals surface area contributed by atoms with Gasteiger partial charge in [-0.2, -0.15) is 0 Å². The van der Waals surface area contributed by atoms with Crippen molar-refractivity contribution in [2.24, 2.45) is 0 Å². The summed E-state index contributed by atoms with van der Waals surface area (Å²) in [5.74, 6) is -0.880. The Bertz CT molecular complexity index is 866. The number of likely N-dealkylation sites (tertiary alicyclic amines) is 1. The number of rotatable bonds is 6. The summed E-state index contributed by atoms with van der Waals surface area (Å²) < 4.78 is 10.7. The first kappa shape index (κ1) is 19.0. The van der Waals surface area contributed by atoms with Crippen LogP contribution < -0.4 is 9.47 Å². The summed E-state index contributed by atoms with van der Waals surface area (Å²) in [6, 6.07) is 8.15. The largest absolute Gasteiger partial charge is 0.506 e. The topological polar surface area (TPSA) is 76.1 Å². The molecule has 27 heavy (non-hydrogen) atoms. The second kappa shape index (κ2) is 7.84. The number of carbonyl (C=O) groups is 2. The molecule has 2 aromatic rings. The van der Waals surface area contributed by atoms with E-state index in [1.807, 2.05) is 24.4 Å². The van der Waals surface area contributed by atoms with E-state index in [4.69, 9.17) is 9.47 Å². The third-order valence-electron chi connectivity index (χ3n) is 4.48. The maximum absolute atomic E-state index is 12.8. The van der Waals surface area contributed by atoms with Crippen LogP contribution in [0.5, 0.6) is 11.5 Å². The van der Waals surface area contributed by atoms with E-state index >= 15 is 0 Å². The molecule has 1 aliphatic rings. The van der Waals surface area contributed by atoms with Gasteiger partial charge in [-0.15, -0.1) is 11.3 Å². The maximum atomic E-state index is 12.8. The van der Waals surface area contributed by atoms with Crippen molar-refractivity contribution in [1.82, 2.24) is 4.90 Å². The number of amides is 1. The van der Waals surface area contributed by atoms with Gasteiger partial charge in [-0.25, -0.2) is 0 Å². The summed E-state index contributed by atoms with van der Waals surface area (Å²) >= 11 is 1.44. The van der Waals surface area contributed by atoms with Crippen LogP contribution in [0.4, 0.5) is 0 Å². The molecule has 0 spiro atoms. The fourth-order valence-electron chi connectivity index (χ4n) is 3.31. The van der Waals surface area contributed by atoms with Gasteiger partial charge in [0.2, 0.25) is 0 Å². The monoisotopic (exact) mass is 387 g/mol. The van der Waals surface area contributed by atoms with E-state index < -0.39 is 17.7 Å². The number of hydrogen-bond acceptors (Lipinski definition) is 6. The number of thiophene rings is 1. The fourth-order valence-corrected chi connectivity index (χ4v) is 4.16. The van der Waals surface area contributed by atoms with Gasteiger partial charge in [-0.1, -0.05) is 19.1 Å². The maximum Gasteiger partial charge on any atom is 0.295 e. The molecule has 0 bridgehead atoms. The lowest BCUT2D eigenvalue weighted by Gasteiger charge is -2.23. The van der Waals surface area contributed by atoms with Crippen LogP contribution in [0.2, 0.25) is 0 Å². The van der Waals surface area contributed by atoms with Gasteiger partial charge in [-0.05, 0) is 30.0 Å². The number of methoxy groups -OCH3 is 2. The number of carbonyl (C=O) groups excluding carboxylic acids is 2. The molecule has 1 fully saturated rings. The van der Waals surface area contributed by atoms with Crippen molar-refractivity contribution >= 4 is 28.8 Å². The number of ketones is 1. The van der Waals surface area contributed by atoms with Crippen molar-refractivity contribution in [2.45, 2.75) is 19.4 Å². The third-order valence-corrected chi connectivity index (χ3v) is 5.41. The first-order chi connectivity index (χ1) is 13.0. The van der Waals surface area contributed by atoms with E-state index in [1.54, 1.807) is 18.2 Å². The number of benzene rings is 1. The first-order valence-electron chi connectivity index (χ1n) is 8.58. The van der Waals surface area contributed by atoms with Crippen molar-refractivity contribution < 1.29 is 24.2 Å². The van der Waals surface area contributed by atoms with Crippen molar-refractivity contribution in [3.05, 3.63) is 51.7 Å². The molecule has 2 heterocycles. The zero-order chi connectivity index (χ0) is 19.6. The van der Waals surface area contributed by atoms with Gasteiger partial charge in [0.25, 0.3) is 11.7 Å². The number of aliphatic hydroxyl groups is 1.